The second-order valence-electron chi connectivity index (χ2n) is 5.83. The lowest BCUT2D eigenvalue weighted by Gasteiger charge is -2.31. The van der Waals surface area contributed by atoms with Gasteiger partial charge in [-0.1, -0.05) is 18.5 Å². The summed E-state index contributed by atoms with van der Waals surface area (Å²) in [7, 11) is -3.98. The Morgan fingerprint density at radius 1 is 1.24 bits per heavy atom. The van der Waals surface area contributed by atoms with Crippen LogP contribution < -0.4 is 5.32 Å². The highest BCUT2D eigenvalue weighted by atomic mass is 35.5. The second-order valence-corrected chi connectivity index (χ2v) is 8.20. The van der Waals surface area contributed by atoms with Gasteiger partial charge < -0.3 is 5.32 Å². The van der Waals surface area contributed by atoms with Crippen LogP contribution in [0, 0.1) is 5.92 Å². The van der Waals surface area contributed by atoms with Crippen LogP contribution >= 0.6 is 24.0 Å². The Bertz CT molecular complexity index is 676. The molecule has 0 unspecified atom stereocenters. The molecule has 1 aromatic carbocycles. The fraction of sp³-hybridized carbons (Fsp3) is 0.600. The van der Waals surface area contributed by atoms with Crippen LogP contribution in [-0.4, -0.2) is 38.9 Å². The minimum atomic E-state index is -4.64. The SMILES string of the molecule is CCNCC1CCN(S(=O)(=O)c2cc(Cl)cc(C(F)(F)F)c2)CC1.Cl. The highest BCUT2D eigenvalue weighted by Crippen LogP contribution is 2.34. The van der Waals surface area contributed by atoms with E-state index in [0.717, 1.165) is 25.2 Å². The maximum atomic E-state index is 12.9. The van der Waals surface area contributed by atoms with Crippen molar-refractivity contribution in [3.05, 3.63) is 28.8 Å². The first kappa shape index (κ1) is 22.5. The van der Waals surface area contributed by atoms with Crippen LogP contribution in [0.5, 0.6) is 0 Å². The highest BCUT2D eigenvalue weighted by molar-refractivity contribution is 7.89. The summed E-state index contributed by atoms with van der Waals surface area (Å²) in [6, 6.07) is 2.44. The number of nitrogens with zero attached hydrogens (tertiary/aromatic N) is 1. The van der Waals surface area contributed by atoms with E-state index in [1.54, 1.807) is 0 Å². The second kappa shape index (κ2) is 8.90. The third-order valence-electron chi connectivity index (χ3n) is 4.09. The van der Waals surface area contributed by atoms with E-state index in [9.17, 15) is 21.6 Å². The van der Waals surface area contributed by atoms with E-state index >= 15 is 0 Å². The minimum absolute atomic E-state index is 0. The van der Waals surface area contributed by atoms with Crippen LogP contribution in [0.1, 0.15) is 25.3 Å². The molecule has 1 aliphatic rings. The van der Waals surface area contributed by atoms with Crippen LogP contribution in [0.3, 0.4) is 0 Å². The molecular formula is C15H21Cl2F3N2O2S. The Kier molecular flexibility index (Phi) is 8.01. The number of nitrogens with one attached hydrogen (secondary N) is 1. The molecule has 4 nitrogen and oxygen atoms in total. The Hall–Kier alpha value is -0.540. The maximum Gasteiger partial charge on any atom is 0.416 e. The van der Waals surface area contributed by atoms with Gasteiger partial charge in [0.15, 0.2) is 0 Å². The summed E-state index contributed by atoms with van der Waals surface area (Å²) < 4.78 is 65.1. The van der Waals surface area contributed by atoms with Crippen molar-refractivity contribution in [2.75, 3.05) is 26.2 Å². The predicted octanol–water partition coefficient (Wildman–Crippen LogP) is 3.79. The molecule has 1 fully saturated rings. The van der Waals surface area contributed by atoms with E-state index in [-0.39, 0.29) is 17.4 Å². The molecular weight excluding hydrogens is 400 g/mol. The van der Waals surface area contributed by atoms with Crippen molar-refractivity contribution < 1.29 is 21.6 Å². The number of hydrogen-bond acceptors (Lipinski definition) is 3. The average molecular weight is 421 g/mol. The molecule has 1 N–H and O–H groups in total. The number of piperidine rings is 1. The summed E-state index contributed by atoms with van der Waals surface area (Å²) in [6.07, 6.45) is -3.29. The van der Waals surface area contributed by atoms with Crippen LogP contribution in [0.25, 0.3) is 0 Å². The van der Waals surface area contributed by atoms with E-state index < -0.39 is 26.7 Å². The molecule has 0 saturated carbocycles. The number of hydrogen-bond donors (Lipinski definition) is 1. The van der Waals surface area contributed by atoms with Crippen molar-refractivity contribution in [3.8, 4) is 0 Å². The van der Waals surface area contributed by atoms with Crippen molar-refractivity contribution in [3.63, 3.8) is 0 Å². The fourth-order valence-corrected chi connectivity index (χ4v) is 4.57. The molecule has 0 aromatic heterocycles. The van der Waals surface area contributed by atoms with Gasteiger partial charge in [0.2, 0.25) is 10.0 Å². The predicted molar refractivity (Wildman–Crippen MR) is 93.7 cm³/mol. The molecule has 0 aliphatic carbocycles. The average Bonchev–Trinajstić information content (AvgIpc) is 2.52. The Labute approximate surface area is 157 Å². The van der Waals surface area contributed by atoms with Gasteiger partial charge in [0.25, 0.3) is 0 Å². The zero-order chi connectivity index (χ0) is 18.0. The van der Waals surface area contributed by atoms with Gasteiger partial charge in [0.05, 0.1) is 10.5 Å². The number of sulfonamides is 1. The van der Waals surface area contributed by atoms with Crippen molar-refractivity contribution in [2.45, 2.75) is 30.8 Å². The van der Waals surface area contributed by atoms with Crippen molar-refractivity contribution in [1.82, 2.24) is 9.62 Å². The van der Waals surface area contributed by atoms with Gasteiger partial charge >= 0.3 is 6.18 Å². The fourth-order valence-electron chi connectivity index (χ4n) is 2.73. The molecule has 144 valence electrons. The molecule has 1 aromatic rings. The summed E-state index contributed by atoms with van der Waals surface area (Å²) in [4.78, 5) is -0.410. The van der Waals surface area contributed by atoms with Gasteiger partial charge in [-0.2, -0.15) is 17.5 Å². The van der Waals surface area contributed by atoms with E-state index in [2.05, 4.69) is 5.32 Å². The van der Waals surface area contributed by atoms with Gasteiger partial charge in [0, 0.05) is 18.1 Å². The normalized spacial score (nSPS) is 17.3. The van der Waals surface area contributed by atoms with Gasteiger partial charge in [-0.15, -0.1) is 12.4 Å². The van der Waals surface area contributed by atoms with Crippen LogP contribution in [0.15, 0.2) is 23.1 Å². The van der Waals surface area contributed by atoms with Crippen LogP contribution in [0.2, 0.25) is 5.02 Å². The summed E-state index contributed by atoms with van der Waals surface area (Å²) >= 11 is 5.69. The molecule has 1 heterocycles. The molecule has 10 heteroatoms. The van der Waals surface area contributed by atoms with Crippen LogP contribution in [-0.2, 0) is 16.2 Å². The van der Waals surface area contributed by atoms with E-state index in [0.29, 0.717) is 37.9 Å². The molecule has 0 bridgehead atoms. The monoisotopic (exact) mass is 420 g/mol. The first-order valence-electron chi connectivity index (χ1n) is 7.73. The van der Waals surface area contributed by atoms with E-state index in [4.69, 9.17) is 11.6 Å². The minimum Gasteiger partial charge on any atom is -0.317 e. The van der Waals surface area contributed by atoms with E-state index in [1.165, 1.54) is 4.31 Å². The third-order valence-corrected chi connectivity index (χ3v) is 6.19. The molecule has 0 spiro atoms. The Morgan fingerprint density at radius 2 is 1.84 bits per heavy atom. The molecule has 1 aliphatic heterocycles. The standard InChI is InChI=1S/C15H20ClF3N2O2S.ClH/c1-2-20-10-11-3-5-21(6-4-11)24(22,23)14-8-12(15(17,18)19)7-13(16)9-14;/h7-9,11,20H,2-6,10H2,1H3;1H. The number of halogens is 5. The Balaban J connectivity index is 0.00000312. The number of rotatable bonds is 5. The third kappa shape index (κ3) is 5.72. The number of benzene rings is 1. The molecule has 0 atom stereocenters. The molecule has 1 saturated heterocycles. The lowest BCUT2D eigenvalue weighted by atomic mass is 9.98. The first-order chi connectivity index (χ1) is 11.1. The summed E-state index contributed by atoms with van der Waals surface area (Å²) in [5.74, 6) is 0.376. The van der Waals surface area contributed by atoms with Gasteiger partial charge in [-0.25, -0.2) is 8.42 Å². The Morgan fingerprint density at radius 3 is 2.36 bits per heavy atom. The van der Waals surface area contributed by atoms with Gasteiger partial charge in [0.1, 0.15) is 0 Å². The topological polar surface area (TPSA) is 49.4 Å². The number of alkyl halides is 3. The maximum absolute atomic E-state index is 12.9. The zero-order valence-corrected chi connectivity index (χ0v) is 16.0. The lowest BCUT2D eigenvalue weighted by Crippen LogP contribution is -2.40. The zero-order valence-electron chi connectivity index (χ0n) is 13.6. The molecule has 0 radical (unpaired) electrons. The summed E-state index contributed by atoms with van der Waals surface area (Å²) in [6.45, 7) is 4.26. The van der Waals surface area contributed by atoms with Crippen molar-refractivity contribution >= 4 is 34.0 Å². The first-order valence-corrected chi connectivity index (χ1v) is 9.55. The van der Waals surface area contributed by atoms with Crippen molar-refractivity contribution in [1.29, 1.82) is 0 Å². The molecule has 2 rings (SSSR count). The summed E-state index contributed by atoms with van der Waals surface area (Å²) in [5.41, 5.74) is -1.06. The molecule has 25 heavy (non-hydrogen) atoms. The lowest BCUT2D eigenvalue weighted by molar-refractivity contribution is -0.137. The largest absolute Gasteiger partial charge is 0.416 e. The molecule has 0 amide bonds. The van der Waals surface area contributed by atoms with Crippen LogP contribution in [0.4, 0.5) is 13.2 Å². The quantitative estimate of drug-likeness (QED) is 0.787. The van der Waals surface area contributed by atoms with Crippen molar-refractivity contribution in [2.24, 2.45) is 5.92 Å². The van der Waals surface area contributed by atoms with Gasteiger partial charge in [-0.05, 0) is 50.0 Å². The smallest absolute Gasteiger partial charge is 0.317 e. The summed E-state index contributed by atoms with van der Waals surface area (Å²) in [5, 5.41) is 2.98. The van der Waals surface area contributed by atoms with Gasteiger partial charge in [-0.3, -0.25) is 0 Å². The van der Waals surface area contributed by atoms with E-state index in [1.807, 2.05) is 6.92 Å². The highest BCUT2D eigenvalue weighted by Gasteiger charge is 2.34.